The van der Waals surface area contributed by atoms with Crippen molar-refractivity contribution < 1.29 is 13.5 Å². The molecule has 0 aliphatic carbocycles. The molecule has 0 saturated carbocycles. The Morgan fingerprint density at radius 3 is 2.82 bits per heavy atom. The maximum atomic E-state index is 14.2. The van der Waals surface area contributed by atoms with Gasteiger partial charge in [0.25, 0.3) is 0 Å². The van der Waals surface area contributed by atoms with E-state index >= 15 is 0 Å². The Labute approximate surface area is 158 Å². The number of rotatable bonds is 4. The Balaban J connectivity index is 1.73. The molecular weight excluding hydrogens is 363 g/mol. The zero-order valence-electron chi connectivity index (χ0n) is 14.8. The largest absolute Gasteiger partial charge is 0.437 e. The van der Waals surface area contributed by atoms with Crippen molar-refractivity contribution in [3.05, 3.63) is 82.0 Å². The molecule has 140 valence electrons. The predicted octanol–water partition coefficient (Wildman–Crippen LogP) is 3.39. The van der Waals surface area contributed by atoms with E-state index in [0.29, 0.717) is 28.3 Å². The Hall–Kier alpha value is -3.81. The van der Waals surface area contributed by atoms with Crippen LogP contribution in [0.1, 0.15) is 16.7 Å². The Morgan fingerprint density at radius 1 is 1.18 bits per heavy atom. The second-order valence-corrected chi connectivity index (χ2v) is 6.14. The van der Waals surface area contributed by atoms with E-state index in [9.17, 15) is 9.18 Å². The fourth-order valence-electron chi connectivity index (χ4n) is 2.93. The molecule has 0 saturated heterocycles. The molecule has 3 aromatic heterocycles. The molecule has 0 amide bonds. The van der Waals surface area contributed by atoms with Gasteiger partial charge in [-0.1, -0.05) is 0 Å². The maximum Gasteiger partial charge on any atom is 0.340 e. The number of nitrogens with zero attached hydrogens (tertiary/aromatic N) is 3. The highest BCUT2D eigenvalue weighted by molar-refractivity contribution is 5.82. The van der Waals surface area contributed by atoms with E-state index in [0.717, 1.165) is 5.39 Å². The van der Waals surface area contributed by atoms with Gasteiger partial charge in [0.2, 0.25) is 5.88 Å². The molecule has 3 heterocycles. The number of benzene rings is 1. The third-order valence-corrected chi connectivity index (χ3v) is 4.38. The summed E-state index contributed by atoms with van der Waals surface area (Å²) in [7, 11) is 0. The molecule has 0 radical (unpaired) electrons. The number of nitrogens with two attached hydrogens (primary N) is 1. The van der Waals surface area contributed by atoms with Gasteiger partial charge < -0.3 is 14.9 Å². The number of nitrogen functional groups attached to an aromatic ring is 1. The highest BCUT2D eigenvalue weighted by Crippen LogP contribution is 2.27. The Bertz CT molecular complexity index is 1230. The highest BCUT2D eigenvalue weighted by atomic mass is 19.1. The average molecular weight is 378 g/mol. The number of hydrogen-bond acceptors (Lipinski definition) is 7. The third kappa shape index (κ3) is 3.27. The van der Waals surface area contributed by atoms with E-state index in [1.807, 2.05) is 0 Å². The summed E-state index contributed by atoms with van der Waals surface area (Å²) in [5.41, 5.74) is 6.67. The fraction of sp³-hybridized carbons (Fsp3) is 0.100. The van der Waals surface area contributed by atoms with Crippen molar-refractivity contribution in [3.63, 3.8) is 0 Å². The summed E-state index contributed by atoms with van der Waals surface area (Å²) in [5.74, 6) is -0.0558. The first kappa shape index (κ1) is 17.6. The van der Waals surface area contributed by atoms with E-state index in [1.54, 1.807) is 25.1 Å². The first-order valence-corrected chi connectivity index (χ1v) is 8.42. The van der Waals surface area contributed by atoms with Gasteiger partial charge in [-0.25, -0.2) is 19.2 Å². The quantitative estimate of drug-likeness (QED) is 0.543. The highest BCUT2D eigenvalue weighted by Gasteiger charge is 2.16. The van der Waals surface area contributed by atoms with E-state index in [-0.39, 0.29) is 17.8 Å². The second-order valence-electron chi connectivity index (χ2n) is 6.14. The van der Waals surface area contributed by atoms with Crippen molar-refractivity contribution in [3.8, 4) is 11.6 Å². The van der Waals surface area contributed by atoms with Crippen LogP contribution < -0.4 is 16.1 Å². The van der Waals surface area contributed by atoms with Crippen LogP contribution in [0.3, 0.4) is 0 Å². The van der Waals surface area contributed by atoms with Gasteiger partial charge in [-0.05, 0) is 36.2 Å². The summed E-state index contributed by atoms with van der Waals surface area (Å²) < 4.78 is 25.2. The number of pyridine rings is 1. The average Bonchev–Trinajstić information content (AvgIpc) is 2.69. The van der Waals surface area contributed by atoms with Gasteiger partial charge in [-0.15, -0.1) is 0 Å². The van der Waals surface area contributed by atoms with Crippen LogP contribution in [-0.4, -0.2) is 15.0 Å². The molecule has 0 spiro atoms. The lowest BCUT2D eigenvalue weighted by atomic mass is 10.00. The maximum absolute atomic E-state index is 14.2. The van der Waals surface area contributed by atoms with Gasteiger partial charge in [-0.3, -0.25) is 4.98 Å². The fourth-order valence-corrected chi connectivity index (χ4v) is 2.93. The molecule has 28 heavy (non-hydrogen) atoms. The summed E-state index contributed by atoms with van der Waals surface area (Å²) in [5, 5.41) is 0.725. The molecule has 0 bridgehead atoms. The monoisotopic (exact) mass is 378 g/mol. The van der Waals surface area contributed by atoms with Crippen LogP contribution in [0.2, 0.25) is 0 Å². The summed E-state index contributed by atoms with van der Waals surface area (Å²) in [4.78, 5) is 24.2. The number of ether oxygens (including phenoxy) is 1. The van der Waals surface area contributed by atoms with Gasteiger partial charge >= 0.3 is 5.63 Å². The molecule has 0 aliphatic heterocycles. The van der Waals surface area contributed by atoms with Crippen molar-refractivity contribution in [1.29, 1.82) is 0 Å². The van der Waals surface area contributed by atoms with Crippen molar-refractivity contribution in [1.82, 2.24) is 15.0 Å². The van der Waals surface area contributed by atoms with Crippen LogP contribution in [-0.2, 0) is 6.42 Å². The van der Waals surface area contributed by atoms with Crippen molar-refractivity contribution in [2.75, 3.05) is 5.73 Å². The van der Waals surface area contributed by atoms with Gasteiger partial charge in [0.1, 0.15) is 11.3 Å². The molecule has 8 heteroatoms. The molecular formula is C20H15FN4O3. The summed E-state index contributed by atoms with van der Waals surface area (Å²) in [6.07, 6.45) is 5.99. The molecule has 4 rings (SSSR count). The molecule has 0 atom stereocenters. The van der Waals surface area contributed by atoms with Crippen LogP contribution in [0.4, 0.5) is 10.2 Å². The molecule has 2 N–H and O–H groups in total. The molecule has 1 aromatic carbocycles. The van der Waals surface area contributed by atoms with Crippen molar-refractivity contribution in [2.45, 2.75) is 13.3 Å². The van der Waals surface area contributed by atoms with Gasteiger partial charge in [0.05, 0.1) is 6.20 Å². The zero-order chi connectivity index (χ0) is 19.7. The number of hydrogen-bond donors (Lipinski definition) is 1. The molecule has 0 aliphatic rings. The zero-order valence-corrected chi connectivity index (χ0v) is 14.8. The number of fused-ring (bicyclic) bond motifs is 1. The first-order valence-electron chi connectivity index (χ1n) is 8.42. The summed E-state index contributed by atoms with van der Waals surface area (Å²) in [6.45, 7) is 1.79. The van der Waals surface area contributed by atoms with E-state index in [4.69, 9.17) is 14.9 Å². The second kappa shape index (κ2) is 7.07. The molecule has 7 nitrogen and oxygen atoms in total. The minimum Gasteiger partial charge on any atom is -0.437 e. The lowest BCUT2D eigenvalue weighted by molar-refractivity contribution is 0.458. The van der Waals surface area contributed by atoms with E-state index in [2.05, 4.69) is 15.0 Å². The van der Waals surface area contributed by atoms with Gasteiger partial charge in [0.15, 0.2) is 11.6 Å². The summed E-state index contributed by atoms with van der Waals surface area (Å²) >= 11 is 0. The topological polar surface area (TPSA) is 104 Å². The molecule has 4 aromatic rings. The lowest BCUT2D eigenvalue weighted by Crippen LogP contribution is -2.12. The SMILES string of the molecule is Cc1c(Cc2ccnc(N)c2F)c(=O)oc2cc(Oc3cnccn3)ccc12. The van der Waals surface area contributed by atoms with Crippen molar-refractivity contribution in [2.24, 2.45) is 0 Å². The van der Waals surface area contributed by atoms with Crippen molar-refractivity contribution >= 4 is 16.8 Å². The Morgan fingerprint density at radius 2 is 2.04 bits per heavy atom. The normalized spacial score (nSPS) is 10.9. The van der Waals surface area contributed by atoms with E-state index < -0.39 is 11.4 Å². The van der Waals surface area contributed by atoms with Crippen LogP contribution in [0.25, 0.3) is 11.0 Å². The number of aryl methyl sites for hydroxylation is 1. The summed E-state index contributed by atoms with van der Waals surface area (Å²) in [6, 6.07) is 6.61. The van der Waals surface area contributed by atoms with E-state index in [1.165, 1.54) is 30.9 Å². The van der Waals surface area contributed by atoms with Gasteiger partial charge in [-0.2, -0.15) is 0 Å². The van der Waals surface area contributed by atoms with Crippen LogP contribution in [0.5, 0.6) is 11.6 Å². The lowest BCUT2D eigenvalue weighted by Gasteiger charge is -2.10. The van der Waals surface area contributed by atoms with Crippen LogP contribution in [0, 0.1) is 12.7 Å². The minimum absolute atomic E-state index is 0.0561. The van der Waals surface area contributed by atoms with Gasteiger partial charge in [0, 0.05) is 42.0 Å². The third-order valence-electron chi connectivity index (χ3n) is 4.38. The standard InChI is InChI=1S/C20H15FN4O3/c1-11-14-3-2-13(27-17-10-23-6-7-24-17)9-16(14)28-20(26)15(11)8-12-4-5-25-19(22)18(12)21/h2-7,9-10H,8H2,1H3,(H2,22,25). The number of aromatic nitrogens is 3. The number of halogens is 1. The molecule has 0 fully saturated rings. The Kier molecular flexibility index (Phi) is 4.44. The first-order chi connectivity index (χ1) is 13.5. The van der Waals surface area contributed by atoms with Crippen LogP contribution in [0.15, 0.2) is 58.3 Å². The predicted molar refractivity (Wildman–Crippen MR) is 101 cm³/mol. The van der Waals surface area contributed by atoms with Crippen LogP contribution >= 0.6 is 0 Å². The molecule has 0 unspecified atom stereocenters. The smallest absolute Gasteiger partial charge is 0.340 e. The number of anilines is 1. The minimum atomic E-state index is -0.630.